The number of nitrogens with one attached hydrogen (secondary N) is 1. The van der Waals surface area contributed by atoms with E-state index < -0.39 is 0 Å². The summed E-state index contributed by atoms with van der Waals surface area (Å²) in [5, 5.41) is 11.4. The molecule has 1 atom stereocenters. The van der Waals surface area contributed by atoms with Crippen LogP contribution in [0.3, 0.4) is 0 Å². The van der Waals surface area contributed by atoms with E-state index in [0.29, 0.717) is 0 Å². The highest BCUT2D eigenvalue weighted by Crippen LogP contribution is 2.27. The second-order valence-corrected chi connectivity index (χ2v) is 4.65. The van der Waals surface area contributed by atoms with Gasteiger partial charge in [-0.2, -0.15) is 0 Å². The van der Waals surface area contributed by atoms with Gasteiger partial charge in [0.15, 0.2) is 0 Å². The van der Waals surface area contributed by atoms with Gasteiger partial charge < -0.3 is 10.1 Å². The van der Waals surface area contributed by atoms with Crippen molar-refractivity contribution in [1.29, 1.82) is 0 Å². The van der Waals surface area contributed by atoms with Gasteiger partial charge in [-0.25, -0.2) is 0 Å². The number of H-pyrrole nitrogens is 1. The third-order valence-corrected chi connectivity index (χ3v) is 3.32. The number of hydrogen-bond acceptors (Lipinski definition) is 1. The largest absolute Gasteiger partial charge is 0.388 e. The van der Waals surface area contributed by atoms with Crippen LogP contribution >= 0.6 is 0 Å². The first-order valence-electron chi connectivity index (χ1n) is 6.57. The number of aromatic amines is 1. The molecule has 1 heterocycles. The van der Waals surface area contributed by atoms with E-state index in [9.17, 15) is 5.11 Å². The van der Waals surface area contributed by atoms with Crippen LogP contribution in [-0.4, -0.2) is 10.1 Å². The molecule has 17 heavy (non-hydrogen) atoms. The summed E-state index contributed by atoms with van der Waals surface area (Å²) in [6.45, 7) is 2.21. The molecule has 0 fully saturated rings. The molecule has 0 saturated heterocycles. The van der Waals surface area contributed by atoms with Crippen molar-refractivity contribution in [3.8, 4) is 0 Å². The Morgan fingerprint density at radius 1 is 1.18 bits per heavy atom. The first-order chi connectivity index (χ1) is 8.33. The summed E-state index contributed by atoms with van der Waals surface area (Å²) in [7, 11) is 0. The smallest absolute Gasteiger partial charge is 0.0796 e. The third kappa shape index (κ3) is 2.89. The number of unbranched alkanes of at least 4 members (excludes halogenated alkanes) is 3. The molecule has 2 aromatic rings. The van der Waals surface area contributed by atoms with E-state index in [4.69, 9.17) is 0 Å². The Morgan fingerprint density at radius 3 is 2.88 bits per heavy atom. The second-order valence-electron chi connectivity index (χ2n) is 4.65. The van der Waals surface area contributed by atoms with E-state index in [-0.39, 0.29) is 6.10 Å². The van der Waals surface area contributed by atoms with E-state index in [2.05, 4.69) is 11.9 Å². The summed E-state index contributed by atoms with van der Waals surface area (Å²) in [5.41, 5.74) is 2.16. The molecule has 0 bridgehead atoms. The zero-order valence-electron chi connectivity index (χ0n) is 10.4. The van der Waals surface area contributed by atoms with E-state index in [0.717, 1.165) is 29.3 Å². The topological polar surface area (TPSA) is 36.0 Å². The van der Waals surface area contributed by atoms with Crippen LogP contribution in [0.2, 0.25) is 0 Å². The van der Waals surface area contributed by atoms with Crippen LogP contribution in [0.15, 0.2) is 30.5 Å². The van der Waals surface area contributed by atoms with E-state index in [1.165, 1.54) is 19.3 Å². The molecular weight excluding hydrogens is 210 g/mol. The van der Waals surface area contributed by atoms with Crippen LogP contribution in [0.5, 0.6) is 0 Å². The van der Waals surface area contributed by atoms with Crippen LogP contribution in [0.1, 0.15) is 50.7 Å². The van der Waals surface area contributed by atoms with Crippen LogP contribution in [0, 0.1) is 0 Å². The minimum Gasteiger partial charge on any atom is -0.388 e. The lowest BCUT2D eigenvalue weighted by molar-refractivity contribution is 0.165. The molecule has 2 rings (SSSR count). The maximum Gasteiger partial charge on any atom is 0.0796 e. The fourth-order valence-electron chi connectivity index (χ4n) is 2.32. The van der Waals surface area contributed by atoms with Gasteiger partial charge >= 0.3 is 0 Å². The third-order valence-electron chi connectivity index (χ3n) is 3.32. The molecule has 0 radical (unpaired) electrons. The van der Waals surface area contributed by atoms with Crippen molar-refractivity contribution in [2.75, 3.05) is 0 Å². The van der Waals surface area contributed by atoms with Crippen molar-refractivity contribution in [1.82, 2.24) is 4.98 Å². The van der Waals surface area contributed by atoms with Gasteiger partial charge in [0.05, 0.1) is 6.10 Å². The van der Waals surface area contributed by atoms with Crippen LogP contribution in [0.25, 0.3) is 10.9 Å². The highest BCUT2D eigenvalue weighted by molar-refractivity contribution is 5.83. The number of aliphatic hydroxyl groups excluding tert-OH is 1. The lowest BCUT2D eigenvalue weighted by Crippen LogP contribution is -1.97. The van der Waals surface area contributed by atoms with Gasteiger partial charge in [0.1, 0.15) is 0 Å². The predicted molar refractivity (Wildman–Crippen MR) is 72.0 cm³/mol. The van der Waals surface area contributed by atoms with Gasteiger partial charge in [0.2, 0.25) is 0 Å². The number of rotatable bonds is 6. The Kier molecular flexibility index (Phi) is 4.21. The molecule has 1 unspecified atom stereocenters. The summed E-state index contributed by atoms with van der Waals surface area (Å²) in [5.74, 6) is 0. The van der Waals surface area contributed by atoms with Crippen molar-refractivity contribution < 1.29 is 5.11 Å². The Bertz CT molecular complexity index is 461. The van der Waals surface area contributed by atoms with Crippen molar-refractivity contribution in [2.24, 2.45) is 0 Å². The number of aliphatic hydroxyl groups is 1. The molecule has 0 aliphatic rings. The highest BCUT2D eigenvalue weighted by atomic mass is 16.3. The Morgan fingerprint density at radius 2 is 2.06 bits per heavy atom. The van der Waals surface area contributed by atoms with Gasteiger partial charge in [-0.3, -0.25) is 0 Å². The predicted octanol–water partition coefficient (Wildman–Crippen LogP) is 4.17. The molecule has 0 aliphatic carbocycles. The molecule has 0 amide bonds. The average molecular weight is 231 g/mol. The van der Waals surface area contributed by atoms with Crippen molar-refractivity contribution in [3.05, 3.63) is 36.0 Å². The molecule has 0 spiro atoms. The Balaban J connectivity index is 2.03. The lowest BCUT2D eigenvalue weighted by Gasteiger charge is -2.12. The molecule has 0 aliphatic heterocycles. The first kappa shape index (κ1) is 12.2. The second kappa shape index (κ2) is 5.87. The summed E-state index contributed by atoms with van der Waals surface area (Å²) in [4.78, 5) is 3.18. The standard InChI is InChI=1S/C15H21NO/c1-2-3-4-5-9-15(17)13-7-6-8-14-12(13)10-11-16-14/h6-8,10-11,15-17H,2-5,9H2,1H3. The van der Waals surface area contributed by atoms with Gasteiger partial charge in [0, 0.05) is 17.1 Å². The molecule has 2 N–H and O–H groups in total. The van der Waals surface area contributed by atoms with Gasteiger partial charge in [-0.15, -0.1) is 0 Å². The fraction of sp³-hybridized carbons (Fsp3) is 0.467. The Hall–Kier alpha value is -1.28. The molecule has 2 nitrogen and oxygen atoms in total. The molecule has 92 valence electrons. The highest BCUT2D eigenvalue weighted by Gasteiger charge is 2.10. The number of benzene rings is 1. The van der Waals surface area contributed by atoms with Crippen molar-refractivity contribution in [3.63, 3.8) is 0 Å². The van der Waals surface area contributed by atoms with Crippen molar-refractivity contribution >= 4 is 10.9 Å². The van der Waals surface area contributed by atoms with Crippen LogP contribution < -0.4 is 0 Å². The maximum atomic E-state index is 10.2. The maximum absolute atomic E-state index is 10.2. The lowest BCUT2D eigenvalue weighted by atomic mass is 10.00. The summed E-state index contributed by atoms with van der Waals surface area (Å²) in [6.07, 6.45) is 7.30. The number of fused-ring (bicyclic) bond motifs is 1. The van der Waals surface area contributed by atoms with Gasteiger partial charge in [-0.05, 0) is 24.1 Å². The van der Waals surface area contributed by atoms with E-state index in [1.54, 1.807) is 0 Å². The average Bonchev–Trinajstić information content (AvgIpc) is 2.82. The summed E-state index contributed by atoms with van der Waals surface area (Å²) in [6, 6.07) is 8.12. The van der Waals surface area contributed by atoms with Crippen LogP contribution in [-0.2, 0) is 0 Å². The van der Waals surface area contributed by atoms with Gasteiger partial charge in [0.25, 0.3) is 0 Å². The molecule has 1 aromatic carbocycles. The number of aromatic nitrogens is 1. The van der Waals surface area contributed by atoms with Gasteiger partial charge in [-0.1, -0.05) is 44.7 Å². The SMILES string of the molecule is CCCCCCC(O)c1cccc2[nH]ccc12. The molecular formula is C15H21NO. The summed E-state index contributed by atoms with van der Waals surface area (Å²) < 4.78 is 0. The van der Waals surface area contributed by atoms with E-state index in [1.807, 2.05) is 30.5 Å². The quantitative estimate of drug-likeness (QED) is 0.719. The minimum absolute atomic E-state index is 0.327. The molecule has 2 heteroatoms. The summed E-state index contributed by atoms with van der Waals surface area (Å²) >= 11 is 0. The van der Waals surface area contributed by atoms with Crippen LogP contribution in [0.4, 0.5) is 0 Å². The first-order valence-corrected chi connectivity index (χ1v) is 6.57. The normalized spacial score (nSPS) is 13.1. The zero-order valence-corrected chi connectivity index (χ0v) is 10.4. The Labute approximate surface area is 103 Å². The van der Waals surface area contributed by atoms with E-state index >= 15 is 0 Å². The molecule has 0 saturated carbocycles. The molecule has 1 aromatic heterocycles. The van der Waals surface area contributed by atoms with Crippen molar-refractivity contribution in [2.45, 2.75) is 45.1 Å². The zero-order chi connectivity index (χ0) is 12.1. The number of hydrogen-bond donors (Lipinski definition) is 2. The minimum atomic E-state index is -0.327. The fourth-order valence-corrected chi connectivity index (χ4v) is 2.32. The monoisotopic (exact) mass is 231 g/mol.